The van der Waals surface area contributed by atoms with Crippen molar-refractivity contribution in [1.82, 2.24) is 24.8 Å². The minimum Gasteiger partial charge on any atom is -0.480 e. The highest BCUT2D eigenvalue weighted by Crippen LogP contribution is 2.32. The second kappa shape index (κ2) is 9.18. The average Bonchev–Trinajstić information content (AvgIpc) is 2.89. The second-order valence-electron chi connectivity index (χ2n) is 7.78. The number of nitrogens with one attached hydrogen (secondary N) is 1. The number of hydrogen-bond donors (Lipinski definition) is 1. The van der Waals surface area contributed by atoms with Gasteiger partial charge in [-0.25, -0.2) is 9.97 Å². The van der Waals surface area contributed by atoms with Gasteiger partial charge in [0.1, 0.15) is 23.6 Å². The number of nitrogens with zero attached hydrogens (tertiary/aromatic N) is 5. The van der Waals surface area contributed by atoms with Crippen molar-refractivity contribution in [2.24, 2.45) is 0 Å². The number of aryl methyl sites for hydroxylation is 1. The quantitative estimate of drug-likeness (QED) is 0.608. The van der Waals surface area contributed by atoms with Gasteiger partial charge in [0.15, 0.2) is 0 Å². The lowest BCUT2D eigenvalue weighted by Gasteiger charge is -2.21. The molecule has 4 rings (SSSR count). The molecular formula is C22H23F3N6O2. The number of rotatable bonds is 5. The molecular weight excluding hydrogens is 437 g/mol. The molecule has 0 saturated heterocycles. The summed E-state index contributed by atoms with van der Waals surface area (Å²) >= 11 is 0. The molecule has 1 N–H and O–H groups in total. The maximum atomic E-state index is 12.9. The lowest BCUT2D eigenvalue weighted by Crippen LogP contribution is -2.34. The fourth-order valence-electron chi connectivity index (χ4n) is 3.62. The monoisotopic (exact) mass is 460 g/mol. The van der Waals surface area contributed by atoms with E-state index in [2.05, 4.69) is 25.3 Å². The first-order valence-corrected chi connectivity index (χ1v) is 10.2. The van der Waals surface area contributed by atoms with Gasteiger partial charge in [0, 0.05) is 24.8 Å². The summed E-state index contributed by atoms with van der Waals surface area (Å²) in [6, 6.07) is 8.83. The Balaban J connectivity index is 1.57. The zero-order chi connectivity index (χ0) is 23.6. The lowest BCUT2D eigenvalue weighted by atomic mass is 10.2. The van der Waals surface area contributed by atoms with Crippen LogP contribution < -0.4 is 14.8 Å². The van der Waals surface area contributed by atoms with Crippen LogP contribution in [0.2, 0.25) is 0 Å². The normalized spacial score (nSPS) is 16.5. The Hall–Kier alpha value is -3.47. The van der Waals surface area contributed by atoms with Crippen LogP contribution >= 0.6 is 0 Å². The van der Waals surface area contributed by atoms with E-state index in [1.54, 1.807) is 49.3 Å². The summed E-state index contributed by atoms with van der Waals surface area (Å²) in [5, 5.41) is 3.06. The van der Waals surface area contributed by atoms with Crippen LogP contribution in [0.25, 0.3) is 11.3 Å². The van der Waals surface area contributed by atoms with E-state index in [4.69, 9.17) is 9.47 Å². The summed E-state index contributed by atoms with van der Waals surface area (Å²) in [5.41, 5.74) is 2.09. The number of halogens is 3. The molecule has 3 aromatic rings. The number of anilines is 2. The third-order valence-electron chi connectivity index (χ3n) is 4.99. The maximum Gasteiger partial charge on any atom is 0.392 e. The highest BCUT2D eigenvalue weighted by Gasteiger charge is 2.35. The van der Waals surface area contributed by atoms with Crippen molar-refractivity contribution >= 4 is 11.6 Å². The van der Waals surface area contributed by atoms with Gasteiger partial charge in [0.05, 0.1) is 24.8 Å². The van der Waals surface area contributed by atoms with Crippen LogP contribution in [-0.2, 0) is 6.54 Å². The maximum absolute atomic E-state index is 12.9. The molecule has 0 spiro atoms. The number of methoxy groups -OCH3 is 1. The fraction of sp³-hybridized carbons (Fsp3) is 0.364. The van der Waals surface area contributed by atoms with Gasteiger partial charge < -0.3 is 14.8 Å². The molecule has 1 aliphatic rings. The lowest BCUT2D eigenvalue weighted by molar-refractivity contribution is -0.151. The van der Waals surface area contributed by atoms with Crippen molar-refractivity contribution in [2.75, 3.05) is 26.0 Å². The summed E-state index contributed by atoms with van der Waals surface area (Å²) in [4.78, 5) is 19.2. The van der Waals surface area contributed by atoms with Gasteiger partial charge in [-0.15, -0.1) is 0 Å². The van der Waals surface area contributed by atoms with Gasteiger partial charge in [0.25, 0.3) is 0 Å². The number of aromatic nitrogens is 4. The molecule has 1 unspecified atom stereocenters. The van der Waals surface area contributed by atoms with Crippen LogP contribution in [0.15, 0.2) is 36.5 Å². The van der Waals surface area contributed by atoms with Crippen molar-refractivity contribution in [3.8, 4) is 23.0 Å². The minimum atomic E-state index is -4.32. The zero-order valence-electron chi connectivity index (χ0n) is 18.3. The van der Waals surface area contributed by atoms with Crippen LogP contribution in [0.4, 0.5) is 24.8 Å². The third-order valence-corrected chi connectivity index (χ3v) is 4.99. The van der Waals surface area contributed by atoms with Crippen molar-refractivity contribution in [3.63, 3.8) is 0 Å². The summed E-state index contributed by atoms with van der Waals surface area (Å²) in [5.74, 6) is 2.01. The van der Waals surface area contributed by atoms with Crippen LogP contribution in [0, 0.1) is 6.92 Å². The fourth-order valence-corrected chi connectivity index (χ4v) is 3.62. The first kappa shape index (κ1) is 22.7. The van der Waals surface area contributed by atoms with Gasteiger partial charge in [0.2, 0.25) is 11.8 Å². The van der Waals surface area contributed by atoms with Gasteiger partial charge in [-0.3, -0.25) is 4.90 Å². The molecule has 1 atom stereocenters. The zero-order valence-corrected chi connectivity index (χ0v) is 18.3. The van der Waals surface area contributed by atoms with Crippen LogP contribution in [0.3, 0.4) is 0 Å². The van der Waals surface area contributed by atoms with Gasteiger partial charge in [-0.05, 0) is 44.3 Å². The van der Waals surface area contributed by atoms with Crippen LogP contribution in [0.5, 0.6) is 11.8 Å². The third kappa shape index (κ3) is 5.67. The summed E-state index contributed by atoms with van der Waals surface area (Å²) in [7, 11) is 3.26. The van der Waals surface area contributed by atoms with E-state index in [1.807, 2.05) is 6.07 Å². The van der Waals surface area contributed by atoms with Crippen molar-refractivity contribution in [2.45, 2.75) is 32.2 Å². The van der Waals surface area contributed by atoms with Crippen molar-refractivity contribution in [3.05, 3.63) is 47.9 Å². The molecule has 0 bridgehead atoms. The Morgan fingerprint density at radius 3 is 2.61 bits per heavy atom. The smallest absolute Gasteiger partial charge is 0.392 e. The standard InChI is InChI=1S/C22H23F3N6O2/c1-13-26-9-8-17(27-13)16-5-7-19(30-21(16)32-3)28-18-6-4-14-11-31(2)12-15(10-22(23,24)25)33-20(14)29-18/h4-9,15H,10-12H2,1-3H3,(H,28,29,30). The Morgan fingerprint density at radius 1 is 1.12 bits per heavy atom. The predicted molar refractivity (Wildman–Crippen MR) is 115 cm³/mol. The van der Waals surface area contributed by atoms with E-state index in [-0.39, 0.29) is 12.4 Å². The average molecular weight is 460 g/mol. The summed E-state index contributed by atoms with van der Waals surface area (Å²) in [6.07, 6.45) is -4.74. The Bertz CT molecular complexity index is 1140. The molecule has 0 aliphatic carbocycles. The summed E-state index contributed by atoms with van der Waals surface area (Å²) in [6.45, 7) is 2.39. The first-order valence-electron chi connectivity index (χ1n) is 10.2. The number of hydrogen-bond acceptors (Lipinski definition) is 8. The van der Waals surface area contributed by atoms with E-state index in [0.29, 0.717) is 46.7 Å². The first-order chi connectivity index (χ1) is 15.7. The largest absolute Gasteiger partial charge is 0.480 e. The molecule has 0 amide bonds. The number of alkyl halides is 3. The van der Waals surface area contributed by atoms with E-state index >= 15 is 0 Å². The molecule has 0 radical (unpaired) electrons. The molecule has 1 aliphatic heterocycles. The van der Waals surface area contributed by atoms with E-state index < -0.39 is 18.7 Å². The number of fused-ring (bicyclic) bond motifs is 1. The number of ether oxygens (including phenoxy) is 2. The van der Waals surface area contributed by atoms with E-state index in [0.717, 1.165) is 0 Å². The molecule has 0 fully saturated rings. The van der Waals surface area contributed by atoms with Gasteiger partial charge >= 0.3 is 6.18 Å². The van der Waals surface area contributed by atoms with Gasteiger partial charge in [-0.2, -0.15) is 23.1 Å². The topological polar surface area (TPSA) is 85.3 Å². The number of pyridine rings is 2. The summed E-state index contributed by atoms with van der Waals surface area (Å²) < 4.78 is 49.9. The van der Waals surface area contributed by atoms with Crippen molar-refractivity contribution in [1.29, 1.82) is 0 Å². The predicted octanol–water partition coefficient (Wildman–Crippen LogP) is 4.14. The minimum absolute atomic E-state index is 0.154. The Kier molecular flexibility index (Phi) is 6.32. The highest BCUT2D eigenvalue weighted by atomic mass is 19.4. The molecule has 174 valence electrons. The molecule has 8 nitrogen and oxygen atoms in total. The molecule has 11 heteroatoms. The molecule has 0 saturated carbocycles. The highest BCUT2D eigenvalue weighted by molar-refractivity contribution is 5.68. The molecule has 0 aromatic carbocycles. The molecule has 33 heavy (non-hydrogen) atoms. The van der Waals surface area contributed by atoms with Gasteiger partial charge in [-0.1, -0.05) is 0 Å². The SMILES string of the molecule is COc1nc(Nc2ccc3c(n2)OC(CC(F)(F)F)CN(C)C3)ccc1-c1ccnc(C)n1. The van der Waals surface area contributed by atoms with Crippen LogP contribution in [-0.4, -0.2) is 57.8 Å². The van der Waals surface area contributed by atoms with Crippen LogP contribution in [0.1, 0.15) is 17.8 Å². The molecule has 3 aromatic heterocycles. The Labute approximate surface area is 188 Å². The Morgan fingerprint density at radius 2 is 1.88 bits per heavy atom. The molecule has 4 heterocycles. The number of likely N-dealkylation sites (N-methyl/N-ethyl adjacent to an activating group) is 1. The van der Waals surface area contributed by atoms with Crippen molar-refractivity contribution < 1.29 is 22.6 Å². The van der Waals surface area contributed by atoms with E-state index in [1.165, 1.54) is 7.11 Å². The second-order valence-corrected chi connectivity index (χ2v) is 7.78. The van der Waals surface area contributed by atoms with E-state index in [9.17, 15) is 13.2 Å².